The number of carbonyl (C=O) groups is 1. The van der Waals surface area contributed by atoms with E-state index >= 15 is 4.39 Å². The molecule has 2 fully saturated rings. The third kappa shape index (κ3) is 5.09. The van der Waals surface area contributed by atoms with Crippen LogP contribution < -0.4 is 4.74 Å². The summed E-state index contributed by atoms with van der Waals surface area (Å²) in [7, 11) is 1.60. The van der Waals surface area contributed by atoms with Crippen molar-refractivity contribution in [1.29, 1.82) is 0 Å². The zero-order valence-corrected chi connectivity index (χ0v) is 17.6. The second-order valence-corrected chi connectivity index (χ2v) is 8.94. The average Bonchev–Trinajstić information content (AvgIpc) is 3.55. The zero-order valence-electron chi connectivity index (χ0n) is 17.6. The van der Waals surface area contributed by atoms with Crippen molar-refractivity contribution in [3.63, 3.8) is 0 Å². The molecule has 0 spiro atoms. The van der Waals surface area contributed by atoms with Crippen molar-refractivity contribution < 1.29 is 19.0 Å². The van der Waals surface area contributed by atoms with E-state index in [1.807, 2.05) is 18.2 Å². The lowest BCUT2D eigenvalue weighted by Gasteiger charge is -2.38. The summed E-state index contributed by atoms with van der Waals surface area (Å²) in [6.07, 6.45) is 5.41. The van der Waals surface area contributed by atoms with Gasteiger partial charge in [-0.05, 0) is 86.2 Å². The van der Waals surface area contributed by atoms with E-state index in [9.17, 15) is 9.90 Å². The predicted octanol–water partition coefficient (Wildman–Crippen LogP) is 4.86. The van der Waals surface area contributed by atoms with E-state index in [-0.39, 0.29) is 18.3 Å². The predicted molar refractivity (Wildman–Crippen MR) is 114 cm³/mol. The molecule has 1 aliphatic carbocycles. The van der Waals surface area contributed by atoms with Crippen LogP contribution in [0.25, 0.3) is 10.9 Å². The molecule has 2 aliphatic rings. The maximum Gasteiger partial charge on any atom is 0.303 e. The molecule has 1 aromatic heterocycles. The minimum absolute atomic E-state index is 0.108. The topological polar surface area (TPSA) is 62.7 Å². The van der Waals surface area contributed by atoms with Gasteiger partial charge in [-0.25, -0.2) is 4.39 Å². The highest BCUT2D eigenvalue weighted by molar-refractivity contribution is 5.83. The van der Waals surface area contributed by atoms with Crippen LogP contribution in [0.2, 0.25) is 0 Å². The second-order valence-electron chi connectivity index (χ2n) is 8.94. The van der Waals surface area contributed by atoms with E-state index < -0.39 is 12.1 Å². The summed E-state index contributed by atoms with van der Waals surface area (Å²) in [6, 6.07) is 7.27. The molecule has 0 bridgehead atoms. The summed E-state index contributed by atoms with van der Waals surface area (Å²) in [6.45, 7) is 2.93. The smallest absolute Gasteiger partial charge is 0.303 e. The summed E-state index contributed by atoms with van der Waals surface area (Å²) < 4.78 is 20.6. The minimum atomic E-state index is -1.10. The van der Waals surface area contributed by atoms with E-state index in [0.29, 0.717) is 24.2 Å². The Morgan fingerprint density at radius 2 is 2.13 bits per heavy atom. The highest BCUT2D eigenvalue weighted by Crippen LogP contribution is 2.37. The van der Waals surface area contributed by atoms with Crippen LogP contribution in [-0.4, -0.2) is 47.7 Å². The maximum absolute atomic E-state index is 15.3. The Labute approximate surface area is 177 Å². The van der Waals surface area contributed by atoms with E-state index in [1.165, 1.54) is 12.8 Å². The molecule has 1 saturated heterocycles. The van der Waals surface area contributed by atoms with Gasteiger partial charge in [0.15, 0.2) is 0 Å². The number of likely N-dealkylation sites (tertiary alicyclic amines) is 1. The summed E-state index contributed by atoms with van der Waals surface area (Å²) in [5, 5.41) is 10.2. The van der Waals surface area contributed by atoms with Crippen LogP contribution in [0.1, 0.15) is 50.3 Å². The van der Waals surface area contributed by atoms with Gasteiger partial charge in [-0.15, -0.1) is 0 Å². The van der Waals surface area contributed by atoms with E-state index in [4.69, 9.17) is 4.74 Å². The van der Waals surface area contributed by atoms with Crippen LogP contribution in [0.3, 0.4) is 0 Å². The lowest BCUT2D eigenvalue weighted by atomic mass is 9.79. The van der Waals surface area contributed by atoms with Crippen LogP contribution in [0.15, 0.2) is 30.5 Å². The Hall–Kier alpha value is -2.21. The van der Waals surface area contributed by atoms with Gasteiger partial charge in [-0.1, -0.05) is 0 Å². The van der Waals surface area contributed by atoms with Crippen LogP contribution in [0, 0.1) is 17.8 Å². The summed E-state index contributed by atoms with van der Waals surface area (Å²) in [5.41, 5.74) is 1.40. The Balaban J connectivity index is 1.42. The highest BCUT2D eigenvalue weighted by atomic mass is 19.1. The molecule has 0 amide bonds. The number of benzene rings is 1. The molecule has 1 aromatic carbocycles. The van der Waals surface area contributed by atoms with Gasteiger partial charge < -0.3 is 14.7 Å². The number of piperidine rings is 1. The lowest BCUT2D eigenvalue weighted by Crippen LogP contribution is -2.42. The number of aliphatic carboxylic acids is 1. The van der Waals surface area contributed by atoms with E-state index in [0.717, 1.165) is 42.9 Å². The number of carboxylic acid groups (broad SMARTS) is 1. The summed E-state index contributed by atoms with van der Waals surface area (Å²) >= 11 is 0. The molecular weight excluding hydrogens is 383 g/mol. The Morgan fingerprint density at radius 3 is 2.87 bits per heavy atom. The fourth-order valence-corrected chi connectivity index (χ4v) is 4.89. The molecular formula is C24H31FN2O3. The highest BCUT2D eigenvalue weighted by Gasteiger charge is 2.34. The normalized spacial score (nSPS) is 23.4. The van der Waals surface area contributed by atoms with Crippen molar-refractivity contribution in [3.8, 4) is 5.75 Å². The van der Waals surface area contributed by atoms with Gasteiger partial charge >= 0.3 is 5.97 Å². The van der Waals surface area contributed by atoms with Crippen LogP contribution in [0.4, 0.5) is 4.39 Å². The van der Waals surface area contributed by atoms with Crippen LogP contribution in [0.5, 0.6) is 5.75 Å². The van der Waals surface area contributed by atoms with Gasteiger partial charge in [0, 0.05) is 31.1 Å². The Bertz CT molecular complexity index is 886. The standard InChI is InChI=1S/C24H31FN2O3/c1-30-19-5-7-23-21(13-19)20(8-10-26-23)22(25)6-4-17-9-11-27(14-16-2-3-16)15-18(17)12-24(28)29/h5,7-8,10,13,16-18,22H,2-4,6,9,11-12,14-15H2,1H3,(H,28,29)/t17-,18+,22?/m1/s1. The molecule has 2 heterocycles. The number of aromatic nitrogens is 1. The lowest BCUT2D eigenvalue weighted by molar-refractivity contribution is -0.139. The molecule has 6 heteroatoms. The third-order valence-corrected chi connectivity index (χ3v) is 6.74. The second kappa shape index (κ2) is 9.29. The number of hydrogen-bond acceptors (Lipinski definition) is 4. The first kappa shape index (κ1) is 21.0. The largest absolute Gasteiger partial charge is 0.497 e. The number of methoxy groups -OCH3 is 1. The first-order valence-electron chi connectivity index (χ1n) is 11.0. The molecule has 4 rings (SSSR count). The molecule has 30 heavy (non-hydrogen) atoms. The molecule has 2 aromatic rings. The van der Waals surface area contributed by atoms with Gasteiger partial charge in [0.2, 0.25) is 0 Å². The van der Waals surface area contributed by atoms with Gasteiger partial charge in [0.05, 0.1) is 12.6 Å². The van der Waals surface area contributed by atoms with Crippen molar-refractivity contribution >= 4 is 16.9 Å². The van der Waals surface area contributed by atoms with Gasteiger partial charge in [0.25, 0.3) is 0 Å². The fourth-order valence-electron chi connectivity index (χ4n) is 4.89. The number of hydrogen-bond donors (Lipinski definition) is 1. The van der Waals surface area contributed by atoms with Crippen molar-refractivity contribution in [3.05, 3.63) is 36.0 Å². The van der Waals surface area contributed by atoms with Crippen LogP contribution >= 0.6 is 0 Å². The molecule has 0 radical (unpaired) electrons. The molecule has 1 aliphatic heterocycles. The molecule has 3 atom stereocenters. The number of nitrogens with zero attached hydrogens (tertiary/aromatic N) is 2. The Kier molecular flexibility index (Phi) is 6.52. The average molecular weight is 415 g/mol. The molecule has 5 nitrogen and oxygen atoms in total. The first-order valence-corrected chi connectivity index (χ1v) is 11.0. The van der Waals surface area contributed by atoms with Crippen molar-refractivity contribution in [2.45, 2.75) is 44.7 Å². The third-order valence-electron chi connectivity index (χ3n) is 6.74. The van der Waals surface area contributed by atoms with E-state index in [1.54, 1.807) is 19.4 Å². The minimum Gasteiger partial charge on any atom is -0.497 e. The van der Waals surface area contributed by atoms with Crippen LogP contribution in [-0.2, 0) is 4.79 Å². The first-order chi connectivity index (χ1) is 14.5. The number of alkyl halides is 1. The van der Waals surface area contributed by atoms with E-state index in [2.05, 4.69) is 9.88 Å². The number of pyridine rings is 1. The monoisotopic (exact) mass is 414 g/mol. The maximum atomic E-state index is 15.3. The molecule has 162 valence electrons. The molecule has 1 N–H and O–H groups in total. The zero-order chi connectivity index (χ0) is 21.1. The number of halogens is 1. The number of rotatable bonds is 9. The Morgan fingerprint density at radius 1 is 1.30 bits per heavy atom. The summed E-state index contributed by atoms with van der Waals surface area (Å²) in [5.74, 6) is 1.11. The number of carboxylic acids is 1. The molecule has 1 saturated carbocycles. The van der Waals surface area contributed by atoms with Crippen molar-refractivity contribution in [2.75, 3.05) is 26.7 Å². The van der Waals surface area contributed by atoms with Crippen molar-refractivity contribution in [1.82, 2.24) is 9.88 Å². The van der Waals surface area contributed by atoms with Gasteiger partial charge in [0.1, 0.15) is 11.9 Å². The van der Waals surface area contributed by atoms with Gasteiger partial charge in [-0.3, -0.25) is 9.78 Å². The van der Waals surface area contributed by atoms with Gasteiger partial charge in [-0.2, -0.15) is 0 Å². The SMILES string of the molecule is COc1ccc2nccc(C(F)CC[C@@H]3CCN(CC4CC4)C[C@@H]3CC(=O)O)c2c1. The van der Waals surface area contributed by atoms with Crippen molar-refractivity contribution in [2.24, 2.45) is 17.8 Å². The summed E-state index contributed by atoms with van der Waals surface area (Å²) in [4.78, 5) is 18.2. The molecule has 1 unspecified atom stereocenters. The number of ether oxygens (including phenoxy) is 1. The fraction of sp³-hybridized carbons (Fsp3) is 0.583. The number of fused-ring (bicyclic) bond motifs is 1. The quantitative estimate of drug-likeness (QED) is 0.635.